The Bertz CT molecular complexity index is 54.4. The van der Waals surface area contributed by atoms with E-state index in [9.17, 15) is 0 Å². The molecule has 1 aliphatic carbocycles. The van der Waals surface area contributed by atoms with Crippen LogP contribution in [0.25, 0.3) is 0 Å². The van der Waals surface area contributed by atoms with E-state index in [1.165, 1.54) is 25.7 Å². The quantitative estimate of drug-likeness (QED) is 0.469. The van der Waals surface area contributed by atoms with Gasteiger partial charge in [-0.05, 0) is 18.3 Å². The minimum atomic E-state index is 0. The molecule has 0 saturated heterocycles. The molecule has 0 heteroatoms. The molecule has 0 N–H and O–H groups in total. The van der Waals surface area contributed by atoms with Crippen LogP contribution in [-0.2, 0) is 0 Å². The highest BCUT2D eigenvalue weighted by atomic mass is 14.3. The van der Waals surface area contributed by atoms with Gasteiger partial charge in [0.05, 0.1) is 0 Å². The van der Waals surface area contributed by atoms with Gasteiger partial charge in [0.15, 0.2) is 0 Å². The second-order valence-corrected chi connectivity index (χ2v) is 3.37. The third kappa shape index (κ3) is 10.0. The van der Waals surface area contributed by atoms with Gasteiger partial charge in [-0.25, -0.2) is 0 Å². The predicted molar refractivity (Wildman–Crippen MR) is 61.7 cm³/mol. The summed E-state index contributed by atoms with van der Waals surface area (Å²) in [5, 5.41) is 0. The lowest BCUT2D eigenvalue weighted by Gasteiger charge is -2.13. The predicted octanol–water partition coefficient (Wildman–Crippen LogP) is 5.28. The molecule has 0 aliphatic heterocycles. The molecule has 0 atom stereocenters. The lowest BCUT2D eigenvalue weighted by molar-refractivity contribution is 0.382. The molecule has 12 heavy (non-hydrogen) atoms. The van der Waals surface area contributed by atoms with Crippen molar-refractivity contribution in [1.29, 1.82) is 0 Å². The molecular formula is C12H30. The van der Waals surface area contributed by atoms with Crippen molar-refractivity contribution < 1.29 is 0 Å². The van der Waals surface area contributed by atoms with E-state index in [0.717, 1.165) is 0 Å². The van der Waals surface area contributed by atoms with Crippen LogP contribution in [0, 0.1) is 5.41 Å². The maximum atomic E-state index is 2.36. The van der Waals surface area contributed by atoms with Crippen LogP contribution in [0.1, 0.15) is 74.7 Å². The largest absolute Gasteiger partial charge is 0.0776 e. The van der Waals surface area contributed by atoms with Crippen molar-refractivity contribution in [2.45, 2.75) is 74.7 Å². The summed E-state index contributed by atoms with van der Waals surface area (Å²) >= 11 is 0. The van der Waals surface area contributed by atoms with Crippen molar-refractivity contribution in [2.24, 2.45) is 5.41 Å². The highest BCUT2D eigenvalue weighted by molar-refractivity contribution is 4.74. The summed E-state index contributed by atoms with van der Waals surface area (Å²) in [5.41, 5.74) is 0.694. The molecule has 1 rings (SSSR count). The highest BCUT2D eigenvalue weighted by Crippen LogP contribution is 2.36. The molecule has 0 bridgehead atoms. The second kappa shape index (κ2) is 11.0. The SMILES string of the molecule is C.CC.CC.CC1(C)CCCC1. The van der Waals surface area contributed by atoms with Crippen molar-refractivity contribution in [1.82, 2.24) is 0 Å². The Morgan fingerprint density at radius 2 is 1.00 bits per heavy atom. The molecule has 0 nitrogen and oxygen atoms in total. The Labute approximate surface area is 80.8 Å². The molecule has 0 aromatic rings. The number of hydrogen-bond donors (Lipinski definition) is 0. The van der Waals surface area contributed by atoms with Gasteiger partial charge in [0, 0.05) is 0 Å². The van der Waals surface area contributed by atoms with Gasteiger partial charge < -0.3 is 0 Å². The summed E-state index contributed by atoms with van der Waals surface area (Å²) in [6.45, 7) is 12.7. The minimum Gasteiger partial charge on any atom is -0.0776 e. The van der Waals surface area contributed by atoms with Gasteiger partial charge in [0.25, 0.3) is 0 Å². The Hall–Kier alpha value is 0. The zero-order valence-electron chi connectivity index (χ0n) is 9.33. The van der Waals surface area contributed by atoms with Crippen LogP contribution in [0.3, 0.4) is 0 Å². The third-order valence-electron chi connectivity index (χ3n) is 1.96. The van der Waals surface area contributed by atoms with Crippen molar-refractivity contribution in [2.75, 3.05) is 0 Å². The van der Waals surface area contributed by atoms with E-state index in [1.807, 2.05) is 27.7 Å². The topological polar surface area (TPSA) is 0 Å². The minimum absolute atomic E-state index is 0. The van der Waals surface area contributed by atoms with Crippen molar-refractivity contribution in [3.05, 3.63) is 0 Å². The van der Waals surface area contributed by atoms with Gasteiger partial charge in [-0.2, -0.15) is 0 Å². The first-order chi connectivity index (χ1) is 5.21. The molecule has 1 fully saturated rings. The van der Waals surface area contributed by atoms with Crippen LogP contribution in [-0.4, -0.2) is 0 Å². The van der Waals surface area contributed by atoms with E-state index in [2.05, 4.69) is 13.8 Å². The highest BCUT2D eigenvalue weighted by Gasteiger charge is 2.21. The molecular weight excluding hydrogens is 144 g/mol. The number of hydrogen-bond acceptors (Lipinski definition) is 0. The van der Waals surface area contributed by atoms with Crippen LogP contribution in [0.4, 0.5) is 0 Å². The van der Waals surface area contributed by atoms with Gasteiger partial charge in [-0.3, -0.25) is 0 Å². The van der Waals surface area contributed by atoms with E-state index in [0.29, 0.717) is 5.41 Å². The first kappa shape index (κ1) is 17.9. The van der Waals surface area contributed by atoms with E-state index in [4.69, 9.17) is 0 Å². The lowest BCUT2D eigenvalue weighted by atomic mass is 9.92. The van der Waals surface area contributed by atoms with E-state index in [1.54, 1.807) is 0 Å². The van der Waals surface area contributed by atoms with Crippen molar-refractivity contribution in [3.63, 3.8) is 0 Å². The molecule has 0 spiro atoms. The standard InChI is InChI=1S/C7H14.2C2H6.CH4/c1-7(2)5-3-4-6-7;2*1-2;/h3-6H2,1-2H3;2*1-2H3;1H4. The van der Waals surface area contributed by atoms with E-state index < -0.39 is 0 Å². The summed E-state index contributed by atoms with van der Waals surface area (Å²) < 4.78 is 0. The molecule has 1 aliphatic rings. The summed E-state index contributed by atoms with van der Waals surface area (Å²) in [6, 6.07) is 0. The maximum Gasteiger partial charge on any atom is -0.0354 e. The van der Waals surface area contributed by atoms with Crippen LogP contribution >= 0.6 is 0 Å². The first-order valence-electron chi connectivity index (χ1n) is 5.21. The molecule has 0 aromatic heterocycles. The normalized spacial score (nSPS) is 17.5. The smallest absolute Gasteiger partial charge is 0.0354 e. The second-order valence-electron chi connectivity index (χ2n) is 3.37. The molecule has 0 heterocycles. The fourth-order valence-corrected chi connectivity index (χ4v) is 1.33. The maximum absolute atomic E-state index is 2.36. The van der Waals surface area contributed by atoms with Crippen LogP contribution in [0.15, 0.2) is 0 Å². The van der Waals surface area contributed by atoms with E-state index >= 15 is 0 Å². The van der Waals surface area contributed by atoms with Crippen LogP contribution in [0.2, 0.25) is 0 Å². The Balaban J connectivity index is -0.000000144. The summed E-state index contributed by atoms with van der Waals surface area (Å²) in [7, 11) is 0. The van der Waals surface area contributed by atoms with E-state index in [-0.39, 0.29) is 7.43 Å². The van der Waals surface area contributed by atoms with Crippen LogP contribution < -0.4 is 0 Å². The first-order valence-corrected chi connectivity index (χ1v) is 5.21. The molecule has 0 amide bonds. The van der Waals surface area contributed by atoms with Crippen molar-refractivity contribution >= 4 is 0 Å². The Kier molecular flexibility index (Phi) is 16.4. The Morgan fingerprint density at radius 3 is 1.08 bits per heavy atom. The molecule has 0 aromatic carbocycles. The fraction of sp³-hybridized carbons (Fsp3) is 1.00. The van der Waals surface area contributed by atoms with Crippen molar-refractivity contribution in [3.8, 4) is 0 Å². The average molecular weight is 174 g/mol. The molecule has 0 unspecified atom stereocenters. The third-order valence-corrected chi connectivity index (χ3v) is 1.96. The molecule has 0 radical (unpaired) electrons. The monoisotopic (exact) mass is 174 g/mol. The van der Waals surface area contributed by atoms with Gasteiger partial charge in [-0.15, -0.1) is 0 Å². The zero-order chi connectivity index (χ0) is 9.33. The summed E-state index contributed by atoms with van der Waals surface area (Å²) in [5.74, 6) is 0. The molecule has 1 saturated carbocycles. The van der Waals surface area contributed by atoms with Gasteiger partial charge in [0.2, 0.25) is 0 Å². The average Bonchev–Trinajstić information content (AvgIpc) is 2.43. The zero-order valence-corrected chi connectivity index (χ0v) is 9.33. The van der Waals surface area contributed by atoms with Gasteiger partial charge >= 0.3 is 0 Å². The van der Waals surface area contributed by atoms with Crippen LogP contribution in [0.5, 0.6) is 0 Å². The summed E-state index contributed by atoms with van der Waals surface area (Å²) in [4.78, 5) is 0. The number of rotatable bonds is 0. The fourth-order valence-electron chi connectivity index (χ4n) is 1.33. The van der Waals surface area contributed by atoms with Gasteiger partial charge in [-0.1, -0.05) is 61.8 Å². The molecule has 78 valence electrons. The van der Waals surface area contributed by atoms with Gasteiger partial charge in [0.1, 0.15) is 0 Å². The summed E-state index contributed by atoms with van der Waals surface area (Å²) in [6.07, 6.45) is 5.83. The lowest BCUT2D eigenvalue weighted by Crippen LogP contribution is -2.01. The Morgan fingerprint density at radius 1 is 0.750 bits per heavy atom.